The minimum Gasteiger partial charge on any atom is -0.462 e. The van der Waals surface area contributed by atoms with E-state index in [1.165, 1.54) is 154 Å². The normalized spacial score (nSPS) is 12.6. The van der Waals surface area contributed by atoms with Crippen LogP contribution in [0.15, 0.2) is 85.1 Å². The minimum absolute atomic E-state index is 0.0830. The molecule has 0 aromatic carbocycles. The predicted octanol–water partition coefficient (Wildman–Crippen LogP) is 21.5. The predicted molar refractivity (Wildman–Crippen MR) is 321 cm³/mol. The molecule has 0 N–H and O–H groups in total. The van der Waals surface area contributed by atoms with Gasteiger partial charge in [0.15, 0.2) is 6.10 Å². The molecular weight excluding hydrogens is 913 g/mol. The largest absolute Gasteiger partial charge is 0.462 e. The SMILES string of the molecule is CC/C=C\C/C=C\C/C=C\C/C=C\C/C=C\C/C=C\CCCCCCCCC(=O)OCC(COC(=O)CCCCCCC/C=C\CCCCCC)OC(=O)CCCCCCCCCCCCCCCCCCCC. The highest BCUT2D eigenvalue weighted by atomic mass is 16.6. The van der Waals surface area contributed by atoms with Gasteiger partial charge in [-0.1, -0.05) is 279 Å². The van der Waals surface area contributed by atoms with E-state index in [9.17, 15) is 14.4 Å². The van der Waals surface area contributed by atoms with Crippen molar-refractivity contribution in [1.82, 2.24) is 0 Å². The van der Waals surface area contributed by atoms with E-state index in [4.69, 9.17) is 14.2 Å². The Morgan fingerprint density at radius 2 is 0.527 bits per heavy atom. The van der Waals surface area contributed by atoms with Crippen LogP contribution in [-0.2, 0) is 28.6 Å². The lowest BCUT2D eigenvalue weighted by Gasteiger charge is -2.18. The standard InChI is InChI=1S/C68H118O6/c1-4-7-10-13-16-19-22-25-27-29-31-32-33-34-35-36-37-39-40-43-46-49-52-55-58-61-67(70)73-64-65(63-72-66(69)60-57-54-51-48-45-42-24-21-18-15-12-9-6-3)74-68(71)62-59-56-53-50-47-44-41-38-30-28-26-23-20-17-14-11-8-5-2/h7,10,16,19,21,24-25,27,31-32,34-35,37,39,65H,4-6,8-9,11-15,17-18,20,22-23,26,28-30,33,36,38,40-64H2,1-3H3/b10-7-,19-16-,24-21-,27-25-,32-31-,35-34-,39-37-. The maximum Gasteiger partial charge on any atom is 0.306 e. The number of rotatable bonds is 57. The third-order valence-electron chi connectivity index (χ3n) is 13.6. The second-order valence-corrected chi connectivity index (χ2v) is 20.9. The number of allylic oxidation sites excluding steroid dienone is 14. The van der Waals surface area contributed by atoms with Crippen LogP contribution in [0.2, 0.25) is 0 Å². The van der Waals surface area contributed by atoms with Crippen LogP contribution in [0.5, 0.6) is 0 Å². The quantitative estimate of drug-likeness (QED) is 0.0261. The Morgan fingerprint density at radius 3 is 0.851 bits per heavy atom. The van der Waals surface area contributed by atoms with Gasteiger partial charge in [-0.3, -0.25) is 14.4 Å². The Morgan fingerprint density at radius 1 is 0.284 bits per heavy atom. The molecular formula is C68H118O6. The lowest BCUT2D eigenvalue weighted by molar-refractivity contribution is -0.167. The Bertz CT molecular complexity index is 1420. The van der Waals surface area contributed by atoms with Crippen LogP contribution in [0.25, 0.3) is 0 Å². The zero-order valence-electron chi connectivity index (χ0n) is 48.8. The highest BCUT2D eigenvalue weighted by molar-refractivity contribution is 5.71. The van der Waals surface area contributed by atoms with Crippen molar-refractivity contribution in [3.8, 4) is 0 Å². The highest BCUT2D eigenvalue weighted by Gasteiger charge is 2.19. The van der Waals surface area contributed by atoms with E-state index >= 15 is 0 Å². The average molecular weight is 1030 g/mol. The molecule has 0 saturated heterocycles. The molecule has 0 aliphatic rings. The van der Waals surface area contributed by atoms with Gasteiger partial charge in [0.1, 0.15) is 13.2 Å². The van der Waals surface area contributed by atoms with E-state index in [0.29, 0.717) is 19.3 Å². The summed E-state index contributed by atoms with van der Waals surface area (Å²) in [6.07, 6.45) is 81.5. The maximum atomic E-state index is 12.9. The molecule has 0 bridgehead atoms. The highest BCUT2D eigenvalue weighted by Crippen LogP contribution is 2.16. The van der Waals surface area contributed by atoms with E-state index in [1.54, 1.807) is 0 Å². The van der Waals surface area contributed by atoms with Crippen LogP contribution in [0.1, 0.15) is 310 Å². The monoisotopic (exact) mass is 1030 g/mol. The fourth-order valence-electron chi connectivity index (χ4n) is 8.91. The lowest BCUT2D eigenvalue weighted by Crippen LogP contribution is -2.30. The van der Waals surface area contributed by atoms with Crippen molar-refractivity contribution in [3.05, 3.63) is 85.1 Å². The summed E-state index contributed by atoms with van der Waals surface area (Å²) in [6, 6.07) is 0. The molecule has 0 radical (unpaired) electrons. The number of ether oxygens (including phenoxy) is 3. The molecule has 0 heterocycles. The molecule has 74 heavy (non-hydrogen) atoms. The number of hydrogen-bond acceptors (Lipinski definition) is 6. The summed E-state index contributed by atoms with van der Waals surface area (Å²) in [6.45, 7) is 6.53. The summed E-state index contributed by atoms with van der Waals surface area (Å²) in [5.74, 6) is -0.893. The molecule has 0 aliphatic carbocycles. The van der Waals surface area contributed by atoms with Gasteiger partial charge in [0.2, 0.25) is 0 Å². The molecule has 1 atom stereocenters. The van der Waals surface area contributed by atoms with Gasteiger partial charge in [0.25, 0.3) is 0 Å². The van der Waals surface area contributed by atoms with Gasteiger partial charge < -0.3 is 14.2 Å². The van der Waals surface area contributed by atoms with Gasteiger partial charge >= 0.3 is 17.9 Å². The first kappa shape index (κ1) is 70.6. The lowest BCUT2D eigenvalue weighted by atomic mass is 10.0. The van der Waals surface area contributed by atoms with Crippen LogP contribution in [0.3, 0.4) is 0 Å². The second-order valence-electron chi connectivity index (χ2n) is 20.9. The van der Waals surface area contributed by atoms with Crippen molar-refractivity contribution in [1.29, 1.82) is 0 Å². The molecule has 0 saturated carbocycles. The van der Waals surface area contributed by atoms with Crippen LogP contribution in [0.4, 0.5) is 0 Å². The molecule has 1 unspecified atom stereocenters. The van der Waals surface area contributed by atoms with E-state index in [0.717, 1.165) is 116 Å². The molecule has 0 aromatic rings. The first-order valence-electron chi connectivity index (χ1n) is 31.6. The van der Waals surface area contributed by atoms with E-state index in [2.05, 4.69) is 106 Å². The summed E-state index contributed by atoms with van der Waals surface area (Å²) in [5, 5.41) is 0. The molecule has 0 aromatic heterocycles. The van der Waals surface area contributed by atoms with Gasteiger partial charge in [0, 0.05) is 19.3 Å². The maximum absolute atomic E-state index is 12.9. The fraction of sp³-hybridized carbons (Fsp3) is 0.750. The summed E-state index contributed by atoms with van der Waals surface area (Å²) >= 11 is 0. The first-order chi connectivity index (χ1) is 36.5. The molecule has 0 fully saturated rings. The fourth-order valence-corrected chi connectivity index (χ4v) is 8.91. The number of esters is 3. The summed E-state index contributed by atoms with van der Waals surface area (Å²) in [7, 11) is 0. The van der Waals surface area contributed by atoms with Crippen LogP contribution in [-0.4, -0.2) is 37.2 Å². The molecule has 0 spiro atoms. The Hall–Kier alpha value is -3.41. The van der Waals surface area contributed by atoms with Crippen molar-refractivity contribution < 1.29 is 28.6 Å². The number of unbranched alkanes of at least 4 members (excludes halogenated alkanes) is 32. The smallest absolute Gasteiger partial charge is 0.306 e. The van der Waals surface area contributed by atoms with Crippen LogP contribution in [0, 0.1) is 0 Å². The van der Waals surface area contributed by atoms with Gasteiger partial charge in [-0.25, -0.2) is 0 Å². The Balaban J connectivity index is 4.35. The van der Waals surface area contributed by atoms with Crippen molar-refractivity contribution in [3.63, 3.8) is 0 Å². The van der Waals surface area contributed by atoms with Crippen molar-refractivity contribution in [2.75, 3.05) is 13.2 Å². The molecule has 0 aliphatic heterocycles. The van der Waals surface area contributed by atoms with Crippen molar-refractivity contribution >= 4 is 17.9 Å². The number of carbonyl (C=O) groups is 3. The molecule has 6 nitrogen and oxygen atoms in total. The van der Waals surface area contributed by atoms with Crippen LogP contribution >= 0.6 is 0 Å². The molecule has 426 valence electrons. The summed E-state index contributed by atoms with van der Waals surface area (Å²) in [4.78, 5) is 38.3. The van der Waals surface area contributed by atoms with Gasteiger partial charge in [0.05, 0.1) is 0 Å². The average Bonchev–Trinajstić information content (AvgIpc) is 3.40. The third-order valence-corrected chi connectivity index (χ3v) is 13.6. The van der Waals surface area contributed by atoms with Crippen molar-refractivity contribution in [2.24, 2.45) is 0 Å². The second kappa shape index (κ2) is 62.1. The van der Waals surface area contributed by atoms with E-state index in [-0.39, 0.29) is 31.1 Å². The van der Waals surface area contributed by atoms with E-state index in [1.807, 2.05) is 0 Å². The molecule has 6 heteroatoms. The Kier molecular flexibility index (Phi) is 59.3. The molecule has 0 amide bonds. The van der Waals surface area contributed by atoms with E-state index < -0.39 is 6.10 Å². The first-order valence-corrected chi connectivity index (χ1v) is 31.6. The third kappa shape index (κ3) is 59.5. The minimum atomic E-state index is -0.785. The number of hydrogen-bond donors (Lipinski definition) is 0. The van der Waals surface area contributed by atoms with Crippen molar-refractivity contribution in [2.45, 2.75) is 316 Å². The zero-order chi connectivity index (χ0) is 53.6. The van der Waals surface area contributed by atoms with Gasteiger partial charge in [-0.15, -0.1) is 0 Å². The molecule has 0 rings (SSSR count). The zero-order valence-corrected chi connectivity index (χ0v) is 48.8. The Labute approximate surface area is 458 Å². The van der Waals surface area contributed by atoms with Gasteiger partial charge in [-0.05, 0) is 96.3 Å². The number of carbonyl (C=O) groups excluding carboxylic acids is 3. The topological polar surface area (TPSA) is 78.9 Å². The summed E-state index contributed by atoms with van der Waals surface area (Å²) < 4.78 is 16.9. The van der Waals surface area contributed by atoms with Gasteiger partial charge in [-0.2, -0.15) is 0 Å². The van der Waals surface area contributed by atoms with Crippen LogP contribution < -0.4 is 0 Å². The summed E-state index contributed by atoms with van der Waals surface area (Å²) in [5.41, 5.74) is 0.